The van der Waals surface area contributed by atoms with Gasteiger partial charge in [0.1, 0.15) is 0 Å². The number of morpholine rings is 1. The summed E-state index contributed by atoms with van der Waals surface area (Å²) in [7, 11) is 0. The molecule has 1 fully saturated rings. The lowest BCUT2D eigenvalue weighted by molar-refractivity contribution is -0.181. The Labute approximate surface area is 93.4 Å². The van der Waals surface area contributed by atoms with Gasteiger partial charge in [-0.25, -0.2) is 0 Å². The van der Waals surface area contributed by atoms with Crippen molar-refractivity contribution in [1.29, 1.82) is 0 Å². The Hall–Kier alpha value is -0.120. The monoisotopic (exact) mass is 215 g/mol. The topological polar surface area (TPSA) is 32.7 Å². The van der Waals surface area contributed by atoms with Crippen LogP contribution in [0, 0.1) is 0 Å². The molecule has 0 aromatic heterocycles. The van der Waals surface area contributed by atoms with Crippen molar-refractivity contribution in [3.8, 4) is 0 Å². The van der Waals surface area contributed by atoms with Crippen molar-refractivity contribution in [2.75, 3.05) is 19.6 Å². The highest BCUT2D eigenvalue weighted by molar-refractivity contribution is 4.89. The number of nitrogens with zero attached hydrogens (tertiary/aromatic N) is 1. The Morgan fingerprint density at radius 2 is 1.67 bits per heavy atom. The summed E-state index contributed by atoms with van der Waals surface area (Å²) in [6.07, 6.45) is 0.630. The molecule has 0 amide bonds. The SMILES string of the molecule is CC(O)CCN1CC(C)(C)OC(C)(C)C1. The molecule has 90 valence electrons. The van der Waals surface area contributed by atoms with Gasteiger partial charge in [0.15, 0.2) is 0 Å². The fourth-order valence-electron chi connectivity index (χ4n) is 2.47. The normalized spacial score (nSPS) is 27.6. The average molecular weight is 215 g/mol. The molecule has 3 heteroatoms. The van der Waals surface area contributed by atoms with Crippen LogP contribution in [0.15, 0.2) is 0 Å². The van der Waals surface area contributed by atoms with Crippen LogP contribution < -0.4 is 0 Å². The van der Waals surface area contributed by atoms with Gasteiger partial charge in [-0.2, -0.15) is 0 Å². The van der Waals surface area contributed by atoms with Gasteiger partial charge in [0.05, 0.1) is 17.3 Å². The van der Waals surface area contributed by atoms with Crippen LogP contribution in [0.3, 0.4) is 0 Å². The third-order valence-electron chi connectivity index (χ3n) is 2.62. The van der Waals surface area contributed by atoms with Crippen molar-refractivity contribution in [2.45, 2.75) is 58.3 Å². The predicted molar refractivity (Wildman–Crippen MR) is 62.0 cm³/mol. The maximum Gasteiger partial charge on any atom is 0.0760 e. The van der Waals surface area contributed by atoms with E-state index in [1.54, 1.807) is 0 Å². The zero-order valence-corrected chi connectivity index (χ0v) is 10.7. The maximum atomic E-state index is 9.29. The van der Waals surface area contributed by atoms with Crippen molar-refractivity contribution < 1.29 is 9.84 Å². The van der Waals surface area contributed by atoms with Crippen molar-refractivity contribution in [3.63, 3.8) is 0 Å². The number of aliphatic hydroxyl groups excluding tert-OH is 1. The first-order valence-corrected chi connectivity index (χ1v) is 5.81. The lowest BCUT2D eigenvalue weighted by Gasteiger charge is -2.47. The van der Waals surface area contributed by atoms with Gasteiger partial charge in [-0.05, 0) is 41.0 Å². The minimum absolute atomic E-state index is 0.0829. The van der Waals surface area contributed by atoms with E-state index in [4.69, 9.17) is 4.74 Å². The highest BCUT2D eigenvalue weighted by Gasteiger charge is 2.37. The number of aliphatic hydroxyl groups is 1. The Kier molecular flexibility index (Phi) is 3.80. The fraction of sp³-hybridized carbons (Fsp3) is 1.00. The van der Waals surface area contributed by atoms with Gasteiger partial charge in [0, 0.05) is 19.6 Å². The molecule has 1 aliphatic heterocycles. The molecule has 0 aromatic carbocycles. The molecule has 0 bridgehead atoms. The summed E-state index contributed by atoms with van der Waals surface area (Å²) in [6.45, 7) is 13.2. The molecule has 1 heterocycles. The van der Waals surface area contributed by atoms with Crippen LogP contribution in [0.5, 0.6) is 0 Å². The van der Waals surface area contributed by atoms with Crippen molar-refractivity contribution in [3.05, 3.63) is 0 Å². The number of rotatable bonds is 3. The summed E-state index contributed by atoms with van der Waals surface area (Å²) in [5.41, 5.74) is -0.166. The quantitative estimate of drug-likeness (QED) is 0.777. The molecule has 1 saturated heterocycles. The van der Waals surface area contributed by atoms with E-state index in [1.165, 1.54) is 0 Å². The van der Waals surface area contributed by atoms with Gasteiger partial charge < -0.3 is 9.84 Å². The highest BCUT2D eigenvalue weighted by atomic mass is 16.5. The van der Waals surface area contributed by atoms with E-state index in [1.807, 2.05) is 6.92 Å². The molecular formula is C12H25NO2. The minimum atomic E-state index is -0.209. The maximum absolute atomic E-state index is 9.29. The van der Waals surface area contributed by atoms with Crippen LogP contribution in [-0.4, -0.2) is 46.9 Å². The Balaban J connectivity index is 2.52. The molecule has 15 heavy (non-hydrogen) atoms. The number of hydrogen-bond acceptors (Lipinski definition) is 3. The molecule has 0 radical (unpaired) electrons. The largest absolute Gasteiger partial charge is 0.393 e. The zero-order chi connectivity index (χ0) is 11.7. The van der Waals surface area contributed by atoms with E-state index >= 15 is 0 Å². The number of hydrogen-bond donors (Lipinski definition) is 1. The van der Waals surface area contributed by atoms with E-state index < -0.39 is 0 Å². The summed E-state index contributed by atoms with van der Waals surface area (Å²) in [4.78, 5) is 2.39. The average Bonchev–Trinajstić information content (AvgIpc) is 1.94. The summed E-state index contributed by atoms with van der Waals surface area (Å²) >= 11 is 0. The molecule has 1 rings (SSSR count). The van der Waals surface area contributed by atoms with Gasteiger partial charge in [0.2, 0.25) is 0 Å². The molecule has 0 saturated carbocycles. The zero-order valence-electron chi connectivity index (χ0n) is 10.7. The lowest BCUT2D eigenvalue weighted by atomic mass is 9.98. The van der Waals surface area contributed by atoms with E-state index in [2.05, 4.69) is 32.6 Å². The smallest absolute Gasteiger partial charge is 0.0760 e. The van der Waals surface area contributed by atoms with E-state index in [0.29, 0.717) is 0 Å². The van der Waals surface area contributed by atoms with E-state index in [-0.39, 0.29) is 17.3 Å². The van der Waals surface area contributed by atoms with E-state index in [9.17, 15) is 5.11 Å². The van der Waals surface area contributed by atoms with E-state index in [0.717, 1.165) is 26.1 Å². The van der Waals surface area contributed by atoms with Crippen LogP contribution in [0.4, 0.5) is 0 Å². The van der Waals surface area contributed by atoms with Crippen molar-refractivity contribution in [2.24, 2.45) is 0 Å². The molecule has 0 spiro atoms. The second-order valence-electron chi connectivity index (χ2n) is 5.97. The van der Waals surface area contributed by atoms with Crippen LogP contribution in [-0.2, 0) is 4.74 Å². The molecule has 1 N–H and O–H groups in total. The Morgan fingerprint density at radius 1 is 1.20 bits per heavy atom. The standard InChI is InChI=1S/C12H25NO2/c1-10(14)6-7-13-8-11(2,3)15-12(4,5)9-13/h10,14H,6-9H2,1-5H3. The van der Waals surface area contributed by atoms with Gasteiger partial charge in [0.25, 0.3) is 0 Å². The third kappa shape index (κ3) is 4.49. The Bertz CT molecular complexity index is 196. The first kappa shape index (κ1) is 12.9. The third-order valence-corrected chi connectivity index (χ3v) is 2.62. The molecule has 1 unspecified atom stereocenters. The first-order chi connectivity index (χ1) is 6.70. The lowest BCUT2D eigenvalue weighted by Crippen LogP contribution is -2.57. The van der Waals surface area contributed by atoms with Crippen LogP contribution in [0.1, 0.15) is 41.0 Å². The molecule has 1 aliphatic rings. The summed E-state index contributed by atoms with van der Waals surface area (Å²) < 4.78 is 5.99. The second-order valence-corrected chi connectivity index (χ2v) is 5.97. The minimum Gasteiger partial charge on any atom is -0.393 e. The molecule has 0 aliphatic carbocycles. The van der Waals surface area contributed by atoms with Gasteiger partial charge in [-0.1, -0.05) is 0 Å². The van der Waals surface area contributed by atoms with Crippen LogP contribution in [0.2, 0.25) is 0 Å². The van der Waals surface area contributed by atoms with Crippen molar-refractivity contribution >= 4 is 0 Å². The van der Waals surface area contributed by atoms with Crippen LogP contribution in [0.25, 0.3) is 0 Å². The summed E-state index contributed by atoms with van der Waals surface area (Å²) in [5, 5.41) is 9.29. The molecular weight excluding hydrogens is 190 g/mol. The predicted octanol–water partition coefficient (Wildman–Crippen LogP) is 1.65. The number of ether oxygens (including phenoxy) is 1. The van der Waals surface area contributed by atoms with Gasteiger partial charge >= 0.3 is 0 Å². The van der Waals surface area contributed by atoms with Gasteiger partial charge in [-0.3, -0.25) is 4.90 Å². The van der Waals surface area contributed by atoms with Crippen LogP contribution >= 0.6 is 0 Å². The molecule has 3 nitrogen and oxygen atoms in total. The fourth-order valence-corrected chi connectivity index (χ4v) is 2.47. The first-order valence-electron chi connectivity index (χ1n) is 5.81. The molecule has 1 atom stereocenters. The summed E-state index contributed by atoms with van der Waals surface area (Å²) in [5.74, 6) is 0. The Morgan fingerprint density at radius 3 is 2.07 bits per heavy atom. The highest BCUT2D eigenvalue weighted by Crippen LogP contribution is 2.27. The summed E-state index contributed by atoms with van der Waals surface area (Å²) in [6, 6.07) is 0. The second kappa shape index (κ2) is 4.40. The van der Waals surface area contributed by atoms with Crippen molar-refractivity contribution in [1.82, 2.24) is 4.90 Å². The van der Waals surface area contributed by atoms with Gasteiger partial charge in [-0.15, -0.1) is 0 Å². The molecule has 0 aromatic rings.